The predicted molar refractivity (Wildman–Crippen MR) is 163 cm³/mol. The Labute approximate surface area is 248 Å². The summed E-state index contributed by atoms with van der Waals surface area (Å²) in [4.78, 5) is 13.8. The Hall–Kier alpha value is -1.77. The normalized spacial score (nSPS) is 24.0. The molecule has 1 fully saturated rings. The molecule has 0 aromatic heterocycles. The number of hydrogen-bond acceptors (Lipinski definition) is 7. The maximum atomic E-state index is 13.8. The number of allylic oxidation sites excluding steroid dienone is 1. The van der Waals surface area contributed by atoms with Gasteiger partial charge in [0.15, 0.2) is 0 Å². The lowest BCUT2D eigenvalue weighted by atomic mass is 9.70. The van der Waals surface area contributed by atoms with Crippen LogP contribution in [-0.2, 0) is 25.6 Å². The molecule has 7 nitrogen and oxygen atoms in total. The van der Waals surface area contributed by atoms with Gasteiger partial charge < -0.3 is 29.2 Å². The van der Waals surface area contributed by atoms with Crippen molar-refractivity contribution in [3.8, 4) is 5.75 Å². The maximum absolute atomic E-state index is 13.8. The number of aliphatic hydroxyl groups is 2. The van der Waals surface area contributed by atoms with Crippen molar-refractivity contribution in [1.82, 2.24) is 0 Å². The van der Waals surface area contributed by atoms with Gasteiger partial charge in [-0.2, -0.15) is 0 Å². The quantitative estimate of drug-likeness (QED) is 0.126. The second-order valence-corrected chi connectivity index (χ2v) is 13.2. The van der Waals surface area contributed by atoms with Crippen molar-refractivity contribution in [2.24, 2.45) is 29.1 Å². The number of methoxy groups -OCH3 is 2. The molecule has 0 saturated carbocycles. The molecule has 0 amide bonds. The number of benzene rings is 1. The molecule has 0 radical (unpaired) electrons. The van der Waals surface area contributed by atoms with E-state index >= 15 is 0 Å². The fourth-order valence-corrected chi connectivity index (χ4v) is 6.60. The smallest absolute Gasteiger partial charge is 0.143 e. The molecule has 41 heavy (non-hydrogen) atoms. The van der Waals surface area contributed by atoms with Gasteiger partial charge in [0.25, 0.3) is 0 Å². The van der Waals surface area contributed by atoms with E-state index in [1.165, 1.54) is 5.57 Å². The summed E-state index contributed by atoms with van der Waals surface area (Å²) in [6.45, 7) is 18.7. The summed E-state index contributed by atoms with van der Waals surface area (Å²) in [7, 11) is 3.23. The second kappa shape index (κ2) is 15.1. The van der Waals surface area contributed by atoms with Crippen LogP contribution < -0.4 is 4.74 Å². The third-order valence-electron chi connectivity index (χ3n) is 8.93. The Morgan fingerprint density at radius 1 is 1.10 bits per heavy atom. The molecule has 1 saturated heterocycles. The molecule has 1 aromatic carbocycles. The van der Waals surface area contributed by atoms with Gasteiger partial charge in [0.2, 0.25) is 0 Å². The number of rotatable bonds is 18. The lowest BCUT2D eigenvalue weighted by molar-refractivity contribution is -0.145. The number of carbonyl (C=O) groups is 1. The van der Waals surface area contributed by atoms with Gasteiger partial charge in [0, 0.05) is 31.5 Å². The molecular formula is C34H56O7. The zero-order chi connectivity index (χ0) is 31.1. The molecule has 9 atom stereocenters. The van der Waals surface area contributed by atoms with Crippen molar-refractivity contribution in [3.63, 3.8) is 0 Å². The van der Waals surface area contributed by atoms with Crippen molar-refractivity contribution in [1.29, 1.82) is 0 Å². The van der Waals surface area contributed by atoms with E-state index in [0.717, 1.165) is 11.3 Å². The first kappa shape index (κ1) is 35.4. The summed E-state index contributed by atoms with van der Waals surface area (Å²) in [6.07, 6.45) is 1.28. The first-order valence-electron chi connectivity index (χ1n) is 15.1. The van der Waals surface area contributed by atoms with Gasteiger partial charge in [-0.1, -0.05) is 65.3 Å². The number of hydrogen-bond donors (Lipinski definition) is 2. The van der Waals surface area contributed by atoms with E-state index in [2.05, 4.69) is 26.8 Å². The van der Waals surface area contributed by atoms with Crippen LogP contribution in [0.1, 0.15) is 80.7 Å². The third kappa shape index (κ3) is 9.11. The van der Waals surface area contributed by atoms with Crippen molar-refractivity contribution in [2.75, 3.05) is 20.8 Å². The van der Waals surface area contributed by atoms with E-state index < -0.39 is 29.3 Å². The van der Waals surface area contributed by atoms with Crippen molar-refractivity contribution in [3.05, 3.63) is 41.5 Å². The van der Waals surface area contributed by atoms with E-state index in [4.69, 9.17) is 18.9 Å². The predicted octanol–water partition coefficient (Wildman–Crippen LogP) is 5.99. The van der Waals surface area contributed by atoms with Crippen LogP contribution in [0.5, 0.6) is 5.75 Å². The minimum Gasteiger partial charge on any atom is -0.497 e. The number of Topliss-reactive ketones (excluding diaryl/α,β-unsaturated/α-hetero) is 1. The summed E-state index contributed by atoms with van der Waals surface area (Å²) in [5.74, 6) is 0.383. The lowest BCUT2D eigenvalue weighted by Gasteiger charge is -2.39. The number of aliphatic hydroxyl groups excluding tert-OH is 2. The van der Waals surface area contributed by atoms with Crippen molar-refractivity contribution in [2.45, 2.75) is 112 Å². The molecule has 1 aromatic rings. The molecular weight excluding hydrogens is 520 g/mol. The van der Waals surface area contributed by atoms with Gasteiger partial charge in [-0.15, -0.1) is 0 Å². The molecule has 0 spiro atoms. The van der Waals surface area contributed by atoms with Crippen molar-refractivity contribution >= 4 is 5.78 Å². The highest BCUT2D eigenvalue weighted by Crippen LogP contribution is 2.47. The van der Waals surface area contributed by atoms with Gasteiger partial charge in [-0.25, -0.2) is 0 Å². The first-order chi connectivity index (χ1) is 19.1. The van der Waals surface area contributed by atoms with Crippen molar-refractivity contribution < 1.29 is 34.0 Å². The van der Waals surface area contributed by atoms with Gasteiger partial charge in [0.05, 0.1) is 43.5 Å². The largest absolute Gasteiger partial charge is 0.497 e. The zero-order valence-corrected chi connectivity index (χ0v) is 27.3. The number of ether oxygens (including phenoxy) is 4. The summed E-state index contributed by atoms with van der Waals surface area (Å²) in [5.41, 5.74) is 0.825. The minimum absolute atomic E-state index is 0.0299. The number of carbonyl (C=O) groups excluding carboxylic acids is 1. The fraction of sp³-hybridized carbons (Fsp3) is 0.735. The Kier molecular flexibility index (Phi) is 13.1. The highest BCUT2D eigenvalue weighted by atomic mass is 16.6. The number of ketones is 1. The van der Waals surface area contributed by atoms with Gasteiger partial charge >= 0.3 is 0 Å². The van der Waals surface area contributed by atoms with Crippen LogP contribution in [0, 0.1) is 29.1 Å². The Bertz CT molecular complexity index is 983. The third-order valence-corrected chi connectivity index (χ3v) is 8.93. The van der Waals surface area contributed by atoms with E-state index in [9.17, 15) is 15.0 Å². The first-order valence-corrected chi connectivity index (χ1v) is 15.1. The molecule has 234 valence electrons. The van der Waals surface area contributed by atoms with E-state index in [0.29, 0.717) is 26.1 Å². The Balaban J connectivity index is 1.92. The van der Waals surface area contributed by atoms with Crippen LogP contribution in [0.4, 0.5) is 0 Å². The summed E-state index contributed by atoms with van der Waals surface area (Å²) in [6, 6.07) is 7.69. The van der Waals surface area contributed by atoms with Gasteiger partial charge in [0.1, 0.15) is 17.1 Å². The summed E-state index contributed by atoms with van der Waals surface area (Å²) >= 11 is 0. The van der Waals surface area contributed by atoms with E-state index in [-0.39, 0.29) is 35.6 Å². The van der Waals surface area contributed by atoms with Crippen LogP contribution in [0.3, 0.4) is 0 Å². The van der Waals surface area contributed by atoms with Crippen LogP contribution >= 0.6 is 0 Å². The molecule has 1 heterocycles. The highest BCUT2D eigenvalue weighted by molar-refractivity contribution is 5.86. The zero-order valence-electron chi connectivity index (χ0n) is 27.3. The second-order valence-electron chi connectivity index (χ2n) is 13.2. The summed E-state index contributed by atoms with van der Waals surface area (Å²) in [5, 5.41) is 22.2. The maximum Gasteiger partial charge on any atom is 0.143 e. The van der Waals surface area contributed by atoms with Crippen LogP contribution in [0.25, 0.3) is 0 Å². The lowest BCUT2D eigenvalue weighted by Crippen LogP contribution is -2.48. The highest BCUT2D eigenvalue weighted by Gasteiger charge is 2.60. The SMILES string of the molecule is COc1ccc(COCC[C@H](O)[C@@H](C)[C@H](OC)C(C)(C)C(=O)[C@@H](C)C[C@H](C)[C@H](O)[C@]2(C)O[C@H]2[C@@H](C)C=C(C)C)cc1. The van der Waals surface area contributed by atoms with Gasteiger partial charge in [-0.3, -0.25) is 4.79 Å². The average Bonchev–Trinajstić information content (AvgIpc) is 3.62. The molecule has 0 aliphatic carbocycles. The Morgan fingerprint density at radius 3 is 2.24 bits per heavy atom. The number of epoxide rings is 1. The average molecular weight is 577 g/mol. The van der Waals surface area contributed by atoms with E-state index in [1.54, 1.807) is 14.2 Å². The molecule has 1 aliphatic heterocycles. The Morgan fingerprint density at radius 2 is 1.71 bits per heavy atom. The van der Waals surface area contributed by atoms with E-state index in [1.807, 2.05) is 65.8 Å². The van der Waals surface area contributed by atoms with Crippen LogP contribution in [0.2, 0.25) is 0 Å². The monoisotopic (exact) mass is 576 g/mol. The molecule has 1 aliphatic rings. The fourth-order valence-electron chi connectivity index (χ4n) is 6.60. The molecule has 2 rings (SSSR count). The molecule has 0 unspecified atom stereocenters. The minimum atomic E-state index is -0.830. The van der Waals surface area contributed by atoms with Crippen LogP contribution in [0.15, 0.2) is 35.9 Å². The molecule has 0 bridgehead atoms. The van der Waals surface area contributed by atoms with Crippen LogP contribution in [-0.4, -0.2) is 66.8 Å². The standard InChI is InChI=1S/C34H56O7/c1-21(2)18-24(5)31-34(9,41-31)30(37)23(4)19-22(3)29(36)33(7,8)32(39-11)25(6)28(35)16-17-40-20-26-12-14-27(38-10)15-13-26/h12-15,18,22-25,28,30-32,35,37H,16-17,19-20H2,1-11H3/t22-,23-,24-,25+,28-,30-,31-,32-,34-/m0/s1. The van der Waals surface area contributed by atoms with Gasteiger partial charge in [-0.05, 0) is 57.2 Å². The molecule has 7 heteroatoms. The topological polar surface area (TPSA) is 97.8 Å². The molecule has 2 N–H and O–H groups in total. The summed E-state index contributed by atoms with van der Waals surface area (Å²) < 4.78 is 22.8.